The maximum absolute atomic E-state index is 7.80. The number of amidine groups is 1. The first-order valence-corrected chi connectivity index (χ1v) is 10.0. The predicted octanol–water partition coefficient (Wildman–Crippen LogP) is 1.78. The maximum Gasteiger partial charge on any atom is 0.171 e. The molecule has 8 heteroatoms. The van der Waals surface area contributed by atoms with E-state index in [4.69, 9.17) is 20.6 Å². The molecular weight excluding hydrogens is 368 g/mol. The van der Waals surface area contributed by atoms with E-state index in [1.54, 1.807) is 7.11 Å². The molecule has 1 aliphatic rings. The molecule has 0 unspecified atom stereocenters. The van der Waals surface area contributed by atoms with Gasteiger partial charge in [-0.15, -0.1) is 0 Å². The van der Waals surface area contributed by atoms with Gasteiger partial charge in [-0.1, -0.05) is 30.7 Å². The van der Waals surface area contributed by atoms with Crippen molar-refractivity contribution in [1.82, 2.24) is 15.5 Å². The first kappa shape index (κ1) is 22.9. The highest BCUT2D eigenvalue weighted by molar-refractivity contribution is 5.98. The standard InChI is InChI=1S/C21H34N6O2/c1-24-20(23)19(22)21(26-16-29-13-12-28-2)25-14-17-6-8-18(9-7-17)15-27-10-4-3-5-11-27/h6-9,23,25-26H,1,3-5,10-16,22H2,2H3/b21-19+,23-20?. The van der Waals surface area contributed by atoms with Gasteiger partial charge in [0.15, 0.2) is 5.84 Å². The van der Waals surface area contributed by atoms with Gasteiger partial charge in [0.1, 0.15) is 18.2 Å². The minimum atomic E-state index is -0.0891. The molecule has 0 radical (unpaired) electrons. The Morgan fingerprint density at radius 3 is 2.48 bits per heavy atom. The van der Waals surface area contributed by atoms with Crippen molar-refractivity contribution in [3.8, 4) is 0 Å². The Morgan fingerprint density at radius 2 is 1.83 bits per heavy atom. The molecule has 29 heavy (non-hydrogen) atoms. The topological polar surface area (TPSA) is 108 Å². The van der Waals surface area contributed by atoms with Crippen LogP contribution in [0.3, 0.4) is 0 Å². The fourth-order valence-corrected chi connectivity index (χ4v) is 3.12. The van der Waals surface area contributed by atoms with E-state index in [2.05, 4.69) is 51.5 Å². The first-order valence-electron chi connectivity index (χ1n) is 10.0. The number of rotatable bonds is 12. The highest BCUT2D eigenvalue weighted by Crippen LogP contribution is 2.13. The van der Waals surface area contributed by atoms with Crippen molar-refractivity contribution >= 4 is 12.6 Å². The van der Waals surface area contributed by atoms with E-state index in [-0.39, 0.29) is 18.3 Å². The minimum absolute atomic E-state index is 0.0891. The van der Waals surface area contributed by atoms with Crippen LogP contribution in [0.25, 0.3) is 0 Å². The lowest BCUT2D eigenvalue weighted by molar-refractivity contribution is 0.0636. The molecular formula is C21H34N6O2. The molecule has 0 amide bonds. The molecule has 160 valence electrons. The molecule has 1 aromatic carbocycles. The van der Waals surface area contributed by atoms with Crippen LogP contribution < -0.4 is 16.4 Å². The molecule has 2 rings (SSSR count). The molecule has 1 aromatic rings. The number of hydrogen-bond acceptors (Lipinski definition) is 7. The van der Waals surface area contributed by atoms with Gasteiger partial charge in [-0.2, -0.15) is 0 Å². The molecule has 1 aliphatic heterocycles. The number of benzene rings is 1. The van der Waals surface area contributed by atoms with Crippen molar-refractivity contribution in [3.05, 3.63) is 46.9 Å². The summed E-state index contributed by atoms with van der Waals surface area (Å²) < 4.78 is 10.4. The number of ether oxygens (including phenoxy) is 2. The lowest BCUT2D eigenvalue weighted by atomic mass is 10.1. The van der Waals surface area contributed by atoms with Crippen molar-refractivity contribution in [1.29, 1.82) is 5.41 Å². The van der Waals surface area contributed by atoms with Crippen molar-refractivity contribution < 1.29 is 9.47 Å². The van der Waals surface area contributed by atoms with Gasteiger partial charge in [-0.05, 0) is 43.8 Å². The molecule has 1 saturated heterocycles. The number of nitrogens with two attached hydrogens (primary N) is 1. The first-order chi connectivity index (χ1) is 14.1. The summed E-state index contributed by atoms with van der Waals surface area (Å²) in [4.78, 5) is 6.11. The summed E-state index contributed by atoms with van der Waals surface area (Å²) in [6, 6.07) is 8.58. The average Bonchev–Trinajstić information content (AvgIpc) is 2.76. The van der Waals surface area contributed by atoms with Crippen LogP contribution in [0.2, 0.25) is 0 Å². The maximum atomic E-state index is 7.80. The summed E-state index contributed by atoms with van der Waals surface area (Å²) in [5.41, 5.74) is 8.66. The van der Waals surface area contributed by atoms with Gasteiger partial charge in [0, 0.05) is 20.2 Å². The van der Waals surface area contributed by atoms with E-state index >= 15 is 0 Å². The van der Waals surface area contributed by atoms with Gasteiger partial charge in [-0.25, -0.2) is 4.99 Å². The largest absolute Gasteiger partial charge is 0.393 e. The third-order valence-corrected chi connectivity index (χ3v) is 4.81. The minimum Gasteiger partial charge on any atom is -0.393 e. The van der Waals surface area contributed by atoms with Crippen LogP contribution in [0.1, 0.15) is 30.4 Å². The van der Waals surface area contributed by atoms with Crippen LogP contribution in [-0.2, 0) is 22.6 Å². The number of nitrogens with zero attached hydrogens (tertiary/aromatic N) is 2. The quantitative estimate of drug-likeness (QED) is 0.184. The average molecular weight is 403 g/mol. The zero-order valence-corrected chi connectivity index (χ0v) is 17.4. The van der Waals surface area contributed by atoms with E-state index in [0.29, 0.717) is 25.6 Å². The highest BCUT2D eigenvalue weighted by atomic mass is 16.5. The number of nitrogens with one attached hydrogen (secondary N) is 3. The number of aliphatic imine (C=N–C) groups is 1. The van der Waals surface area contributed by atoms with Gasteiger partial charge in [0.05, 0.1) is 13.2 Å². The van der Waals surface area contributed by atoms with E-state index in [1.807, 2.05) is 0 Å². The summed E-state index contributed by atoms with van der Waals surface area (Å²) in [7, 11) is 1.62. The van der Waals surface area contributed by atoms with Gasteiger partial charge in [-0.3, -0.25) is 10.3 Å². The van der Waals surface area contributed by atoms with Gasteiger partial charge >= 0.3 is 0 Å². The summed E-state index contributed by atoms with van der Waals surface area (Å²) in [5, 5.41) is 14.1. The summed E-state index contributed by atoms with van der Waals surface area (Å²) in [6.45, 7) is 8.54. The Morgan fingerprint density at radius 1 is 1.14 bits per heavy atom. The number of piperidine rings is 1. The fourth-order valence-electron chi connectivity index (χ4n) is 3.12. The smallest absolute Gasteiger partial charge is 0.171 e. The van der Waals surface area contributed by atoms with Crippen LogP contribution in [0.15, 0.2) is 40.8 Å². The third-order valence-electron chi connectivity index (χ3n) is 4.81. The second kappa shape index (κ2) is 12.9. The Hall–Kier alpha value is -2.42. The van der Waals surface area contributed by atoms with Gasteiger partial charge in [0.2, 0.25) is 0 Å². The summed E-state index contributed by atoms with van der Waals surface area (Å²) in [5.74, 6) is 0.408. The molecule has 0 atom stereocenters. The molecule has 0 aromatic heterocycles. The SMILES string of the molecule is C=NC(=N)/C(N)=C(\NCOCCOC)NCc1ccc(CN2CCCCC2)cc1. The highest BCUT2D eigenvalue weighted by Gasteiger charge is 2.11. The molecule has 0 aliphatic carbocycles. The number of methoxy groups -OCH3 is 1. The fraction of sp³-hybridized carbons (Fsp3) is 0.524. The van der Waals surface area contributed by atoms with E-state index in [0.717, 1.165) is 12.1 Å². The predicted molar refractivity (Wildman–Crippen MR) is 117 cm³/mol. The van der Waals surface area contributed by atoms with E-state index in [9.17, 15) is 0 Å². The number of likely N-dealkylation sites (tertiary alicyclic amines) is 1. The zero-order valence-electron chi connectivity index (χ0n) is 17.4. The Labute approximate surface area is 173 Å². The van der Waals surface area contributed by atoms with Crippen LogP contribution in [0.5, 0.6) is 0 Å². The Balaban J connectivity index is 1.89. The monoisotopic (exact) mass is 402 g/mol. The summed E-state index contributed by atoms with van der Waals surface area (Å²) >= 11 is 0. The van der Waals surface area contributed by atoms with Crippen LogP contribution in [0, 0.1) is 5.41 Å². The lowest BCUT2D eigenvalue weighted by Crippen LogP contribution is -2.33. The zero-order chi connectivity index (χ0) is 20.9. The molecule has 0 bridgehead atoms. The van der Waals surface area contributed by atoms with Gasteiger partial charge in [0.25, 0.3) is 0 Å². The van der Waals surface area contributed by atoms with Crippen molar-refractivity contribution in [2.45, 2.75) is 32.4 Å². The Bertz CT molecular complexity index is 668. The van der Waals surface area contributed by atoms with E-state index in [1.165, 1.54) is 37.9 Å². The summed E-state index contributed by atoms with van der Waals surface area (Å²) in [6.07, 6.45) is 3.95. The second-order valence-electron chi connectivity index (χ2n) is 7.02. The van der Waals surface area contributed by atoms with Crippen molar-refractivity contribution in [2.24, 2.45) is 10.7 Å². The molecule has 0 saturated carbocycles. The Kier molecular flexibility index (Phi) is 10.2. The molecule has 1 heterocycles. The molecule has 8 nitrogen and oxygen atoms in total. The molecule has 1 fully saturated rings. The molecule has 0 spiro atoms. The van der Waals surface area contributed by atoms with Crippen LogP contribution in [-0.4, -0.2) is 57.6 Å². The van der Waals surface area contributed by atoms with Crippen LogP contribution >= 0.6 is 0 Å². The third kappa shape index (κ3) is 8.23. The second-order valence-corrected chi connectivity index (χ2v) is 7.02. The lowest BCUT2D eigenvalue weighted by Gasteiger charge is -2.26. The van der Waals surface area contributed by atoms with Crippen LogP contribution in [0.4, 0.5) is 0 Å². The van der Waals surface area contributed by atoms with Gasteiger partial charge < -0.3 is 25.8 Å². The number of hydrogen-bond donors (Lipinski definition) is 4. The van der Waals surface area contributed by atoms with Crippen molar-refractivity contribution in [2.75, 3.05) is 40.1 Å². The van der Waals surface area contributed by atoms with Crippen molar-refractivity contribution in [3.63, 3.8) is 0 Å². The van der Waals surface area contributed by atoms with E-state index < -0.39 is 0 Å². The normalized spacial score (nSPS) is 15.5. The molecule has 5 N–H and O–H groups in total.